The average molecular weight is 372 g/mol. The summed E-state index contributed by atoms with van der Waals surface area (Å²) in [5, 5.41) is 0. The van der Waals surface area contributed by atoms with Crippen molar-refractivity contribution in [1.29, 1.82) is 0 Å². The first-order chi connectivity index (χ1) is 10.8. The second kappa shape index (κ2) is 6.14. The highest BCUT2D eigenvalue weighted by atomic mass is 35.5. The number of sulfone groups is 1. The predicted molar refractivity (Wildman–Crippen MR) is 90.4 cm³/mol. The van der Waals surface area contributed by atoms with E-state index in [0.29, 0.717) is 28.9 Å². The molecule has 0 bridgehead atoms. The van der Waals surface area contributed by atoms with Crippen LogP contribution in [0.5, 0.6) is 5.75 Å². The first kappa shape index (κ1) is 16.3. The summed E-state index contributed by atoms with van der Waals surface area (Å²) in [7, 11) is -3.35. The summed E-state index contributed by atoms with van der Waals surface area (Å²) in [5.41, 5.74) is 0.492. The van der Waals surface area contributed by atoms with Crippen LogP contribution < -0.4 is 9.64 Å². The molecule has 1 aromatic carbocycles. The van der Waals surface area contributed by atoms with Crippen LogP contribution in [0.15, 0.2) is 35.2 Å². The first-order valence-electron chi connectivity index (χ1n) is 6.86. The highest BCUT2D eigenvalue weighted by Crippen LogP contribution is 2.34. The molecule has 0 saturated heterocycles. The summed E-state index contributed by atoms with van der Waals surface area (Å²) in [6, 6.07) is 8.14. The normalized spacial score (nSPS) is 14.3. The molecular weight excluding hydrogens is 358 g/mol. The number of thiophene rings is 1. The number of amides is 1. The zero-order chi connectivity index (χ0) is 16.6. The lowest BCUT2D eigenvalue weighted by Gasteiger charge is -2.29. The lowest BCUT2D eigenvalue weighted by Crippen LogP contribution is -2.38. The van der Waals surface area contributed by atoms with Crippen molar-refractivity contribution in [3.8, 4) is 5.75 Å². The third-order valence-electron chi connectivity index (χ3n) is 3.48. The maximum atomic E-state index is 12.6. The van der Waals surface area contributed by atoms with Gasteiger partial charge in [0, 0.05) is 11.1 Å². The van der Waals surface area contributed by atoms with Gasteiger partial charge < -0.3 is 9.64 Å². The molecule has 0 unspecified atom stereocenters. The minimum atomic E-state index is -3.35. The van der Waals surface area contributed by atoms with Gasteiger partial charge >= 0.3 is 0 Å². The number of rotatable bonds is 3. The number of carbonyl (C=O) groups is 1. The molecule has 2 heterocycles. The van der Waals surface area contributed by atoms with Gasteiger partial charge in [-0.15, -0.1) is 11.3 Å². The van der Waals surface area contributed by atoms with E-state index in [1.165, 1.54) is 23.5 Å². The van der Waals surface area contributed by atoms with E-state index in [4.69, 9.17) is 16.3 Å². The van der Waals surface area contributed by atoms with Gasteiger partial charge in [-0.3, -0.25) is 4.79 Å². The standard InChI is InChI=1S/C15H14ClNO4S2/c1-23(19,20)11-3-4-13-12(9-11)17(6-7-21-13)15(18)8-10-2-5-14(16)22-10/h2-5,9H,6-8H2,1H3. The smallest absolute Gasteiger partial charge is 0.232 e. The van der Waals surface area contributed by atoms with E-state index in [1.807, 2.05) is 6.07 Å². The van der Waals surface area contributed by atoms with E-state index < -0.39 is 9.84 Å². The number of hydrogen-bond donors (Lipinski definition) is 0. The molecule has 0 radical (unpaired) electrons. The number of nitrogens with zero attached hydrogens (tertiary/aromatic N) is 1. The Morgan fingerprint density at radius 1 is 1.35 bits per heavy atom. The average Bonchev–Trinajstić information content (AvgIpc) is 2.90. The van der Waals surface area contributed by atoms with Crippen LogP contribution in [0.4, 0.5) is 5.69 Å². The molecule has 0 N–H and O–H groups in total. The van der Waals surface area contributed by atoms with E-state index in [0.717, 1.165) is 11.1 Å². The molecule has 122 valence electrons. The zero-order valence-electron chi connectivity index (χ0n) is 12.3. The van der Waals surface area contributed by atoms with Gasteiger partial charge in [0.15, 0.2) is 9.84 Å². The molecule has 1 aliphatic rings. The molecule has 2 aromatic rings. The van der Waals surface area contributed by atoms with Crippen LogP contribution in [0.25, 0.3) is 0 Å². The molecule has 0 aliphatic carbocycles. The van der Waals surface area contributed by atoms with E-state index in [1.54, 1.807) is 17.0 Å². The third-order valence-corrected chi connectivity index (χ3v) is 5.82. The predicted octanol–water partition coefficient (Wildman–Crippen LogP) is 2.77. The molecule has 23 heavy (non-hydrogen) atoms. The molecule has 0 spiro atoms. The van der Waals surface area contributed by atoms with E-state index in [9.17, 15) is 13.2 Å². The molecule has 5 nitrogen and oxygen atoms in total. The maximum absolute atomic E-state index is 12.6. The zero-order valence-corrected chi connectivity index (χ0v) is 14.7. The molecular formula is C15H14ClNO4S2. The molecule has 8 heteroatoms. The van der Waals surface area contributed by atoms with Crippen molar-refractivity contribution in [3.63, 3.8) is 0 Å². The van der Waals surface area contributed by atoms with Crippen molar-refractivity contribution in [2.45, 2.75) is 11.3 Å². The van der Waals surface area contributed by atoms with Gasteiger partial charge in [0.05, 0.1) is 27.9 Å². The van der Waals surface area contributed by atoms with Crippen LogP contribution in [-0.4, -0.2) is 33.7 Å². The second-order valence-corrected chi connectivity index (χ2v) is 8.99. The Morgan fingerprint density at radius 3 is 2.78 bits per heavy atom. The molecule has 1 aliphatic heterocycles. The Labute approximate surface area is 143 Å². The van der Waals surface area contributed by atoms with Crippen LogP contribution in [-0.2, 0) is 21.1 Å². The SMILES string of the molecule is CS(=O)(=O)c1ccc2c(c1)N(C(=O)Cc1ccc(Cl)s1)CCO2. The lowest BCUT2D eigenvalue weighted by molar-refractivity contribution is -0.118. The number of hydrogen-bond acceptors (Lipinski definition) is 5. The first-order valence-corrected chi connectivity index (χ1v) is 9.94. The summed E-state index contributed by atoms with van der Waals surface area (Å²) in [5.74, 6) is 0.403. The van der Waals surface area contributed by atoms with Crippen molar-refractivity contribution >= 4 is 44.4 Å². The second-order valence-electron chi connectivity index (χ2n) is 5.18. The number of ether oxygens (including phenoxy) is 1. The summed E-state index contributed by atoms with van der Waals surface area (Å²) >= 11 is 7.25. The van der Waals surface area contributed by atoms with Crippen LogP contribution >= 0.6 is 22.9 Å². The van der Waals surface area contributed by atoms with E-state index >= 15 is 0 Å². The molecule has 0 atom stereocenters. The number of benzene rings is 1. The van der Waals surface area contributed by atoms with Crippen LogP contribution in [0, 0.1) is 0 Å². The number of fused-ring (bicyclic) bond motifs is 1. The van der Waals surface area contributed by atoms with Crippen molar-refractivity contribution < 1.29 is 17.9 Å². The number of carbonyl (C=O) groups excluding carboxylic acids is 1. The molecule has 0 saturated carbocycles. The van der Waals surface area contributed by atoms with Crippen molar-refractivity contribution in [2.24, 2.45) is 0 Å². The van der Waals surface area contributed by atoms with E-state index in [-0.39, 0.29) is 17.2 Å². The van der Waals surface area contributed by atoms with Gasteiger partial charge in [-0.05, 0) is 30.3 Å². The quantitative estimate of drug-likeness (QED) is 0.832. The van der Waals surface area contributed by atoms with Crippen molar-refractivity contribution in [3.05, 3.63) is 39.5 Å². The van der Waals surface area contributed by atoms with Gasteiger partial charge in [0.25, 0.3) is 0 Å². The van der Waals surface area contributed by atoms with Crippen LogP contribution in [0.2, 0.25) is 4.34 Å². The van der Waals surface area contributed by atoms with E-state index in [2.05, 4.69) is 0 Å². The van der Waals surface area contributed by atoms with Gasteiger partial charge in [-0.2, -0.15) is 0 Å². The van der Waals surface area contributed by atoms with Crippen molar-refractivity contribution in [1.82, 2.24) is 0 Å². The Balaban J connectivity index is 1.92. The number of halogens is 1. The molecule has 3 rings (SSSR count). The van der Waals surface area contributed by atoms with Crippen molar-refractivity contribution in [2.75, 3.05) is 24.3 Å². The summed E-state index contributed by atoms with van der Waals surface area (Å²) in [4.78, 5) is 15.2. The topological polar surface area (TPSA) is 63.7 Å². The largest absolute Gasteiger partial charge is 0.490 e. The minimum Gasteiger partial charge on any atom is -0.490 e. The Bertz CT molecular complexity index is 860. The highest BCUT2D eigenvalue weighted by Gasteiger charge is 2.25. The molecule has 1 amide bonds. The Morgan fingerprint density at radius 2 is 2.13 bits per heavy atom. The summed E-state index contributed by atoms with van der Waals surface area (Å²) in [6.45, 7) is 0.764. The minimum absolute atomic E-state index is 0.112. The molecule has 1 aromatic heterocycles. The maximum Gasteiger partial charge on any atom is 0.232 e. The third kappa shape index (κ3) is 3.52. The summed E-state index contributed by atoms with van der Waals surface area (Å²) in [6.07, 6.45) is 1.36. The molecule has 0 fully saturated rings. The van der Waals surface area contributed by atoms with Gasteiger partial charge in [0.2, 0.25) is 5.91 Å². The fourth-order valence-electron chi connectivity index (χ4n) is 2.38. The number of anilines is 1. The summed E-state index contributed by atoms with van der Waals surface area (Å²) < 4.78 is 29.6. The Kier molecular flexibility index (Phi) is 4.35. The fourth-order valence-corrected chi connectivity index (χ4v) is 4.10. The Hall–Kier alpha value is -1.57. The lowest BCUT2D eigenvalue weighted by atomic mass is 10.2. The fraction of sp³-hybridized carbons (Fsp3) is 0.267. The monoisotopic (exact) mass is 371 g/mol. The van der Waals surface area contributed by atoms with Crippen LogP contribution in [0.1, 0.15) is 4.88 Å². The van der Waals surface area contributed by atoms with Gasteiger partial charge in [-0.25, -0.2) is 8.42 Å². The highest BCUT2D eigenvalue weighted by molar-refractivity contribution is 7.90. The van der Waals surface area contributed by atoms with Gasteiger partial charge in [-0.1, -0.05) is 11.6 Å². The van der Waals surface area contributed by atoms with Gasteiger partial charge in [0.1, 0.15) is 12.4 Å². The van der Waals surface area contributed by atoms with Crippen LogP contribution in [0.3, 0.4) is 0 Å².